The minimum atomic E-state index is -0.377. The molecule has 1 N–H and O–H groups in total. The number of ether oxygens (including phenoxy) is 1. The largest absolute Gasteiger partial charge is 0.484 e. The van der Waals surface area contributed by atoms with E-state index in [0.29, 0.717) is 34.2 Å². The van der Waals surface area contributed by atoms with Crippen LogP contribution in [0, 0.1) is 0 Å². The van der Waals surface area contributed by atoms with Gasteiger partial charge < -0.3 is 10.1 Å². The third-order valence-corrected chi connectivity index (χ3v) is 5.61. The second-order valence-corrected chi connectivity index (χ2v) is 7.76. The van der Waals surface area contributed by atoms with Gasteiger partial charge in [0.2, 0.25) is 0 Å². The third-order valence-electron chi connectivity index (χ3n) is 5.61. The summed E-state index contributed by atoms with van der Waals surface area (Å²) in [5.74, 6) is 0.000719. The molecule has 1 aliphatic rings. The summed E-state index contributed by atoms with van der Waals surface area (Å²) in [5, 5.41) is 2.75. The molecule has 0 aliphatic carbocycles. The Bertz CT molecular complexity index is 1140. The summed E-state index contributed by atoms with van der Waals surface area (Å²) in [4.78, 5) is 38.9. The molecule has 1 aliphatic heterocycles. The van der Waals surface area contributed by atoms with Crippen molar-refractivity contribution in [3.05, 3.63) is 89.5 Å². The second kappa shape index (κ2) is 9.06. The van der Waals surface area contributed by atoms with E-state index in [0.717, 1.165) is 11.3 Å². The summed E-state index contributed by atoms with van der Waals surface area (Å²) in [7, 11) is 0. The zero-order chi connectivity index (χ0) is 22.7. The Hall–Kier alpha value is -3.93. The fourth-order valence-corrected chi connectivity index (χ4v) is 3.62. The minimum absolute atomic E-state index is 0.153. The molecule has 3 aromatic rings. The number of carbonyl (C=O) groups is 3. The average molecular weight is 428 g/mol. The van der Waals surface area contributed by atoms with Gasteiger partial charge in [0.25, 0.3) is 17.7 Å². The highest BCUT2D eigenvalue weighted by atomic mass is 16.5. The number of fused-ring (bicyclic) bond motifs is 1. The van der Waals surface area contributed by atoms with Gasteiger partial charge in [-0.2, -0.15) is 0 Å². The van der Waals surface area contributed by atoms with E-state index in [1.807, 2.05) is 24.3 Å². The smallest absolute Gasteiger partial charge is 0.266 e. The van der Waals surface area contributed by atoms with Gasteiger partial charge in [-0.25, -0.2) is 4.90 Å². The van der Waals surface area contributed by atoms with E-state index >= 15 is 0 Å². The molecule has 0 saturated heterocycles. The highest BCUT2D eigenvalue weighted by Crippen LogP contribution is 2.29. The number of amides is 3. The standard InChI is InChI=1S/C26H24N2O4/c1-3-17(2)18-11-13-21(14-12-18)32-16-24(29)27-19-7-6-8-20(15-19)28-25(30)22-9-4-5-10-23(22)26(28)31/h4-15,17H,3,16H2,1-2H3,(H,27,29)/t17-/m0/s1. The summed E-state index contributed by atoms with van der Waals surface area (Å²) in [6.45, 7) is 4.15. The highest BCUT2D eigenvalue weighted by Gasteiger charge is 2.36. The van der Waals surface area contributed by atoms with Gasteiger partial charge in [-0.15, -0.1) is 0 Å². The second-order valence-electron chi connectivity index (χ2n) is 7.76. The molecule has 0 saturated carbocycles. The highest BCUT2D eigenvalue weighted by molar-refractivity contribution is 6.34. The van der Waals surface area contributed by atoms with Gasteiger partial charge in [0, 0.05) is 5.69 Å². The maximum atomic E-state index is 12.7. The van der Waals surface area contributed by atoms with E-state index in [9.17, 15) is 14.4 Å². The van der Waals surface area contributed by atoms with Crippen molar-refractivity contribution >= 4 is 29.1 Å². The number of rotatable bonds is 7. The molecule has 1 atom stereocenters. The molecule has 6 nitrogen and oxygen atoms in total. The maximum Gasteiger partial charge on any atom is 0.266 e. The monoisotopic (exact) mass is 428 g/mol. The number of benzene rings is 3. The van der Waals surface area contributed by atoms with Crippen LogP contribution in [0.4, 0.5) is 11.4 Å². The third kappa shape index (κ3) is 4.25. The maximum absolute atomic E-state index is 12.7. The Morgan fingerprint density at radius 3 is 2.22 bits per heavy atom. The number of nitrogens with zero attached hydrogens (tertiary/aromatic N) is 1. The molecule has 0 fully saturated rings. The van der Waals surface area contributed by atoms with Gasteiger partial charge in [-0.1, -0.05) is 44.2 Å². The Labute approximate surface area is 186 Å². The number of imide groups is 1. The Kier molecular flexibility index (Phi) is 6.03. The van der Waals surface area contributed by atoms with Crippen molar-refractivity contribution in [2.24, 2.45) is 0 Å². The quantitative estimate of drug-likeness (QED) is 0.536. The molecule has 0 spiro atoms. The summed E-state index contributed by atoms with van der Waals surface area (Å²) in [6.07, 6.45) is 1.06. The van der Waals surface area contributed by atoms with Crippen LogP contribution in [0.15, 0.2) is 72.8 Å². The fraction of sp³-hybridized carbons (Fsp3) is 0.192. The molecule has 32 heavy (non-hydrogen) atoms. The van der Waals surface area contributed by atoms with Gasteiger partial charge in [0.15, 0.2) is 6.61 Å². The number of hydrogen-bond donors (Lipinski definition) is 1. The predicted octanol–water partition coefficient (Wildman–Crippen LogP) is 5.02. The van der Waals surface area contributed by atoms with Crippen molar-refractivity contribution in [2.45, 2.75) is 26.2 Å². The molecule has 0 aromatic heterocycles. The van der Waals surface area contributed by atoms with E-state index < -0.39 is 0 Å². The molecule has 0 bridgehead atoms. The summed E-state index contributed by atoms with van der Waals surface area (Å²) >= 11 is 0. The lowest BCUT2D eigenvalue weighted by Crippen LogP contribution is -2.29. The summed E-state index contributed by atoms with van der Waals surface area (Å²) in [5.41, 5.74) is 2.85. The van der Waals surface area contributed by atoms with Crippen LogP contribution in [0.1, 0.15) is 52.5 Å². The summed E-state index contributed by atoms with van der Waals surface area (Å²) < 4.78 is 5.58. The van der Waals surface area contributed by atoms with Crippen molar-refractivity contribution in [2.75, 3.05) is 16.8 Å². The molecule has 3 aromatic carbocycles. The molecule has 6 heteroatoms. The van der Waals surface area contributed by atoms with Gasteiger partial charge in [0.1, 0.15) is 5.75 Å². The van der Waals surface area contributed by atoms with Gasteiger partial charge in [-0.3, -0.25) is 14.4 Å². The first kappa shape index (κ1) is 21.3. The lowest BCUT2D eigenvalue weighted by Gasteiger charge is -2.15. The van der Waals surface area contributed by atoms with Crippen LogP contribution >= 0.6 is 0 Å². The van der Waals surface area contributed by atoms with E-state index in [4.69, 9.17) is 4.74 Å². The van der Waals surface area contributed by atoms with E-state index in [-0.39, 0.29) is 24.3 Å². The van der Waals surface area contributed by atoms with Crippen LogP contribution in [0.2, 0.25) is 0 Å². The SMILES string of the molecule is CC[C@H](C)c1ccc(OCC(=O)Nc2cccc(N3C(=O)c4ccccc4C3=O)c2)cc1. The minimum Gasteiger partial charge on any atom is -0.484 e. The first-order valence-corrected chi connectivity index (χ1v) is 10.6. The lowest BCUT2D eigenvalue weighted by atomic mass is 9.99. The Balaban J connectivity index is 1.40. The molecule has 4 rings (SSSR count). The molecule has 162 valence electrons. The zero-order valence-corrected chi connectivity index (χ0v) is 18.0. The lowest BCUT2D eigenvalue weighted by molar-refractivity contribution is -0.118. The zero-order valence-electron chi connectivity index (χ0n) is 18.0. The first-order chi connectivity index (χ1) is 15.5. The van der Waals surface area contributed by atoms with Crippen LogP contribution in [0.25, 0.3) is 0 Å². The van der Waals surface area contributed by atoms with Crippen LogP contribution in [0.5, 0.6) is 5.75 Å². The molecule has 1 heterocycles. The number of anilines is 2. The van der Waals surface area contributed by atoms with Crippen molar-refractivity contribution in [1.82, 2.24) is 0 Å². The van der Waals surface area contributed by atoms with Gasteiger partial charge in [-0.05, 0) is 60.4 Å². The average Bonchev–Trinajstić information content (AvgIpc) is 3.08. The van der Waals surface area contributed by atoms with Crippen molar-refractivity contribution < 1.29 is 19.1 Å². The van der Waals surface area contributed by atoms with E-state index in [1.54, 1.807) is 48.5 Å². The van der Waals surface area contributed by atoms with Crippen LogP contribution in [-0.2, 0) is 4.79 Å². The number of hydrogen-bond acceptors (Lipinski definition) is 4. The van der Waals surface area contributed by atoms with Crippen LogP contribution < -0.4 is 15.0 Å². The van der Waals surface area contributed by atoms with Gasteiger partial charge in [0.05, 0.1) is 16.8 Å². The first-order valence-electron chi connectivity index (χ1n) is 10.6. The topological polar surface area (TPSA) is 75.7 Å². The van der Waals surface area contributed by atoms with E-state index in [1.165, 1.54) is 5.56 Å². The molecular formula is C26H24N2O4. The normalized spacial score (nSPS) is 13.6. The van der Waals surface area contributed by atoms with Crippen molar-refractivity contribution in [1.29, 1.82) is 0 Å². The predicted molar refractivity (Wildman–Crippen MR) is 123 cm³/mol. The Morgan fingerprint density at radius 2 is 1.59 bits per heavy atom. The van der Waals surface area contributed by atoms with Crippen molar-refractivity contribution in [3.8, 4) is 5.75 Å². The molecule has 0 radical (unpaired) electrons. The number of carbonyl (C=O) groups excluding carboxylic acids is 3. The number of nitrogens with one attached hydrogen (secondary N) is 1. The fourth-order valence-electron chi connectivity index (χ4n) is 3.62. The molecule has 0 unspecified atom stereocenters. The van der Waals surface area contributed by atoms with Crippen molar-refractivity contribution in [3.63, 3.8) is 0 Å². The van der Waals surface area contributed by atoms with Gasteiger partial charge >= 0.3 is 0 Å². The summed E-state index contributed by atoms with van der Waals surface area (Å²) in [6, 6.07) is 21.1. The molecular weight excluding hydrogens is 404 g/mol. The van der Waals surface area contributed by atoms with E-state index in [2.05, 4.69) is 19.2 Å². The van der Waals surface area contributed by atoms with Crippen LogP contribution in [0.3, 0.4) is 0 Å². The van der Waals surface area contributed by atoms with Crippen LogP contribution in [-0.4, -0.2) is 24.3 Å². The molecule has 3 amide bonds. The Morgan fingerprint density at radius 1 is 0.938 bits per heavy atom.